The number of pyridine rings is 1. The lowest BCUT2D eigenvalue weighted by molar-refractivity contribution is -0.167. The number of alkyl halides is 3. The number of nitrogens with zero attached hydrogens (tertiary/aromatic N) is 2. The Morgan fingerprint density at radius 3 is 2.73 bits per heavy atom. The van der Waals surface area contributed by atoms with Gasteiger partial charge in [-0.2, -0.15) is 18.4 Å². The van der Waals surface area contributed by atoms with Crippen molar-refractivity contribution < 1.29 is 17.9 Å². The van der Waals surface area contributed by atoms with E-state index in [4.69, 9.17) is 15.7 Å². The molecule has 4 unspecified atom stereocenters. The Labute approximate surface area is 123 Å². The van der Waals surface area contributed by atoms with Crippen molar-refractivity contribution in [3.05, 3.63) is 41.5 Å². The molecule has 1 aromatic rings. The molecule has 1 fully saturated rings. The van der Waals surface area contributed by atoms with Crippen molar-refractivity contribution in [1.82, 2.24) is 15.8 Å². The highest BCUT2D eigenvalue weighted by Crippen LogP contribution is 2.45. The van der Waals surface area contributed by atoms with Crippen molar-refractivity contribution in [2.45, 2.75) is 24.4 Å². The quantitative estimate of drug-likeness (QED) is 0.712. The van der Waals surface area contributed by atoms with Gasteiger partial charge in [-0.05, 0) is 11.6 Å². The fraction of sp³-hybridized carbons (Fsp3) is 0.385. The molecule has 6 nitrogen and oxygen atoms in total. The normalized spacial score (nSPS) is 31.4. The molecule has 4 N–H and O–H groups in total. The summed E-state index contributed by atoms with van der Waals surface area (Å²) in [5.41, 5.74) is 11.0. The Hall–Kier alpha value is -2.31. The highest BCUT2D eigenvalue weighted by Gasteiger charge is 2.57. The average Bonchev–Trinajstić information content (AvgIpc) is 2.91. The van der Waals surface area contributed by atoms with Crippen LogP contribution in [-0.4, -0.2) is 23.4 Å². The molecule has 3 heterocycles. The largest absolute Gasteiger partial charge is 0.462 e. The molecule has 0 spiro atoms. The number of fused-ring (bicyclic) bond motifs is 1. The van der Waals surface area contributed by atoms with Gasteiger partial charge in [0.15, 0.2) is 6.23 Å². The molecule has 0 aromatic carbocycles. The maximum absolute atomic E-state index is 13.2. The first-order valence-corrected chi connectivity index (χ1v) is 6.47. The van der Waals surface area contributed by atoms with Gasteiger partial charge in [0.05, 0.1) is 5.70 Å². The van der Waals surface area contributed by atoms with Crippen LogP contribution in [0.2, 0.25) is 0 Å². The Kier molecular flexibility index (Phi) is 3.42. The number of hydrazine groups is 1. The average molecular weight is 311 g/mol. The Bertz CT molecular complexity index is 639. The molecule has 0 amide bonds. The van der Waals surface area contributed by atoms with E-state index >= 15 is 0 Å². The van der Waals surface area contributed by atoms with Gasteiger partial charge in [0, 0.05) is 24.2 Å². The summed E-state index contributed by atoms with van der Waals surface area (Å²) >= 11 is 0. The third kappa shape index (κ3) is 2.26. The minimum Gasteiger partial charge on any atom is -0.462 e. The molecule has 3 rings (SSSR count). The number of aromatic nitrogens is 1. The number of ether oxygens (including phenoxy) is 1. The van der Waals surface area contributed by atoms with Crippen molar-refractivity contribution >= 4 is 0 Å². The van der Waals surface area contributed by atoms with E-state index in [1.165, 1.54) is 12.4 Å². The van der Waals surface area contributed by atoms with Crippen molar-refractivity contribution in [2.75, 3.05) is 0 Å². The van der Waals surface area contributed by atoms with Crippen LogP contribution in [0.1, 0.15) is 11.5 Å². The third-order valence-corrected chi connectivity index (χ3v) is 3.84. The highest BCUT2D eigenvalue weighted by atomic mass is 19.4. The number of nitriles is 1. The topological polar surface area (TPSA) is 96.0 Å². The molecule has 4 atom stereocenters. The molecule has 116 valence electrons. The summed E-state index contributed by atoms with van der Waals surface area (Å²) in [6.45, 7) is 0. The van der Waals surface area contributed by atoms with Gasteiger partial charge in [-0.25, -0.2) is 10.9 Å². The number of allylic oxidation sites excluding steroid dienone is 2. The van der Waals surface area contributed by atoms with E-state index in [-0.39, 0.29) is 11.5 Å². The van der Waals surface area contributed by atoms with E-state index < -0.39 is 30.3 Å². The first-order chi connectivity index (χ1) is 10.4. The summed E-state index contributed by atoms with van der Waals surface area (Å²) in [7, 11) is 0. The second-order valence-electron chi connectivity index (χ2n) is 5.08. The molecule has 0 saturated carbocycles. The standard InChI is InChI=1S/C13H12F3N5O/c14-13(15,16)11-9-8(6-2-1-3-19-5-6)10(18)7(4-17)22-12(9)21-20-11/h1-3,5,8-9,11-12,20-21H,18H2. The van der Waals surface area contributed by atoms with Crippen LogP contribution in [0, 0.1) is 17.2 Å². The number of halogens is 3. The second kappa shape index (κ2) is 5.15. The SMILES string of the molecule is N#CC1=C(N)C(c2cccnc2)C2C(NNC2C(F)(F)F)O1. The molecule has 0 bridgehead atoms. The van der Waals surface area contributed by atoms with Gasteiger partial charge in [0.25, 0.3) is 0 Å². The van der Waals surface area contributed by atoms with Gasteiger partial charge >= 0.3 is 6.18 Å². The van der Waals surface area contributed by atoms with Crippen LogP contribution in [0.15, 0.2) is 36.0 Å². The number of hydrogen-bond acceptors (Lipinski definition) is 6. The van der Waals surface area contributed by atoms with Gasteiger partial charge in [-0.3, -0.25) is 4.98 Å². The summed E-state index contributed by atoms with van der Waals surface area (Å²) in [5, 5.41) is 9.07. The van der Waals surface area contributed by atoms with Crippen LogP contribution in [0.4, 0.5) is 13.2 Å². The number of hydrogen-bond donors (Lipinski definition) is 3. The van der Waals surface area contributed by atoms with Gasteiger partial charge in [-0.1, -0.05) is 6.07 Å². The molecule has 22 heavy (non-hydrogen) atoms. The first kappa shape index (κ1) is 14.6. The maximum Gasteiger partial charge on any atom is 0.405 e. The predicted octanol–water partition coefficient (Wildman–Crippen LogP) is 0.870. The Morgan fingerprint density at radius 2 is 2.14 bits per heavy atom. The van der Waals surface area contributed by atoms with Gasteiger partial charge in [-0.15, -0.1) is 0 Å². The summed E-state index contributed by atoms with van der Waals surface area (Å²) in [4.78, 5) is 3.92. The molecular formula is C13H12F3N5O. The summed E-state index contributed by atoms with van der Waals surface area (Å²) in [6, 6.07) is 3.18. The van der Waals surface area contributed by atoms with Crippen LogP contribution in [0.5, 0.6) is 0 Å². The fourth-order valence-electron chi connectivity index (χ4n) is 2.91. The highest BCUT2D eigenvalue weighted by molar-refractivity contribution is 5.36. The van der Waals surface area contributed by atoms with E-state index in [1.807, 2.05) is 0 Å². The second-order valence-corrected chi connectivity index (χ2v) is 5.08. The fourth-order valence-corrected chi connectivity index (χ4v) is 2.91. The van der Waals surface area contributed by atoms with Crippen molar-refractivity contribution in [2.24, 2.45) is 11.7 Å². The first-order valence-electron chi connectivity index (χ1n) is 6.47. The zero-order valence-electron chi connectivity index (χ0n) is 11.1. The summed E-state index contributed by atoms with van der Waals surface area (Å²) in [6.07, 6.45) is -2.53. The lowest BCUT2D eigenvalue weighted by Crippen LogP contribution is -2.47. The van der Waals surface area contributed by atoms with Crippen molar-refractivity contribution in [3.63, 3.8) is 0 Å². The van der Waals surface area contributed by atoms with Crippen molar-refractivity contribution in [3.8, 4) is 6.07 Å². The summed E-state index contributed by atoms with van der Waals surface area (Å²) in [5.74, 6) is -2.04. The van der Waals surface area contributed by atoms with E-state index in [2.05, 4.69) is 15.8 Å². The van der Waals surface area contributed by atoms with Crippen LogP contribution < -0.4 is 16.6 Å². The molecule has 0 radical (unpaired) electrons. The number of nitrogens with two attached hydrogens (primary N) is 1. The number of nitrogens with one attached hydrogen (secondary N) is 2. The van der Waals surface area contributed by atoms with E-state index in [0.717, 1.165) is 0 Å². The van der Waals surface area contributed by atoms with Crippen LogP contribution in [0.25, 0.3) is 0 Å². The molecule has 2 aliphatic rings. The lowest BCUT2D eigenvalue weighted by Gasteiger charge is -2.36. The molecule has 2 aliphatic heterocycles. The molecule has 1 aromatic heterocycles. The zero-order valence-corrected chi connectivity index (χ0v) is 11.1. The predicted molar refractivity (Wildman–Crippen MR) is 68.3 cm³/mol. The van der Waals surface area contributed by atoms with Crippen molar-refractivity contribution in [1.29, 1.82) is 5.26 Å². The molecule has 1 saturated heterocycles. The molecular weight excluding hydrogens is 299 g/mol. The van der Waals surface area contributed by atoms with E-state index in [1.54, 1.807) is 18.2 Å². The molecule has 0 aliphatic carbocycles. The maximum atomic E-state index is 13.2. The smallest absolute Gasteiger partial charge is 0.405 e. The summed E-state index contributed by atoms with van der Waals surface area (Å²) < 4.78 is 44.9. The lowest BCUT2D eigenvalue weighted by atomic mass is 9.78. The Balaban J connectivity index is 2.10. The molecule has 9 heteroatoms. The van der Waals surface area contributed by atoms with Gasteiger partial charge in [0.2, 0.25) is 5.76 Å². The van der Waals surface area contributed by atoms with Crippen LogP contribution in [-0.2, 0) is 4.74 Å². The van der Waals surface area contributed by atoms with Crippen LogP contribution in [0.3, 0.4) is 0 Å². The van der Waals surface area contributed by atoms with Gasteiger partial charge < -0.3 is 10.5 Å². The van der Waals surface area contributed by atoms with E-state index in [0.29, 0.717) is 5.56 Å². The zero-order chi connectivity index (χ0) is 15.9. The minimum atomic E-state index is -4.49. The van der Waals surface area contributed by atoms with Gasteiger partial charge in [0.1, 0.15) is 12.1 Å². The van der Waals surface area contributed by atoms with E-state index in [9.17, 15) is 13.2 Å². The third-order valence-electron chi connectivity index (χ3n) is 3.84. The Morgan fingerprint density at radius 1 is 1.36 bits per heavy atom. The van der Waals surface area contributed by atoms with Crippen LogP contribution >= 0.6 is 0 Å². The monoisotopic (exact) mass is 311 g/mol. The number of rotatable bonds is 1. The minimum absolute atomic E-state index is 0.0171.